The summed E-state index contributed by atoms with van der Waals surface area (Å²) >= 11 is 0. The highest BCUT2D eigenvalue weighted by Crippen LogP contribution is 2.15. The van der Waals surface area contributed by atoms with Crippen LogP contribution in [0.1, 0.15) is 24.5 Å². The maximum Gasteiger partial charge on any atom is 0.220 e. The van der Waals surface area contributed by atoms with E-state index in [2.05, 4.69) is 5.32 Å². The van der Waals surface area contributed by atoms with E-state index in [1.54, 1.807) is 12.1 Å². The van der Waals surface area contributed by atoms with E-state index in [0.29, 0.717) is 13.0 Å². The maximum atomic E-state index is 13.5. The minimum Gasteiger partial charge on any atom is -0.494 e. The van der Waals surface area contributed by atoms with Crippen LogP contribution in [0.4, 0.5) is 4.39 Å². The standard InChI is InChI=1S/C18H20FNO3/c19-16-10-5-4-9-15(16)17(21)13-20-18(22)11-6-12-23-14-7-2-1-3-8-14/h1-5,7-10,17,21H,6,11-13H2,(H,20,22). The summed E-state index contributed by atoms with van der Waals surface area (Å²) in [5.74, 6) is 0.0884. The van der Waals surface area contributed by atoms with Crippen LogP contribution >= 0.6 is 0 Å². The molecule has 23 heavy (non-hydrogen) atoms. The van der Waals surface area contributed by atoms with Crippen molar-refractivity contribution < 1.29 is 19.0 Å². The second kappa shape index (κ2) is 8.90. The van der Waals surface area contributed by atoms with Gasteiger partial charge in [-0.25, -0.2) is 4.39 Å². The summed E-state index contributed by atoms with van der Waals surface area (Å²) in [5.41, 5.74) is 0.181. The lowest BCUT2D eigenvalue weighted by molar-refractivity contribution is -0.121. The van der Waals surface area contributed by atoms with Crippen molar-refractivity contribution in [3.63, 3.8) is 0 Å². The average molecular weight is 317 g/mol. The van der Waals surface area contributed by atoms with Crippen LogP contribution in [-0.2, 0) is 4.79 Å². The highest BCUT2D eigenvalue weighted by Gasteiger charge is 2.13. The molecule has 0 aliphatic carbocycles. The van der Waals surface area contributed by atoms with Gasteiger partial charge in [0.25, 0.3) is 0 Å². The molecule has 0 heterocycles. The maximum absolute atomic E-state index is 13.5. The fraction of sp³-hybridized carbons (Fsp3) is 0.278. The number of rotatable bonds is 8. The Bertz CT molecular complexity index is 619. The number of ether oxygens (including phenoxy) is 1. The second-order valence-electron chi connectivity index (χ2n) is 5.11. The van der Waals surface area contributed by atoms with Gasteiger partial charge in [0.15, 0.2) is 0 Å². The zero-order valence-corrected chi connectivity index (χ0v) is 12.7. The molecule has 2 N–H and O–H groups in total. The molecule has 1 amide bonds. The van der Waals surface area contributed by atoms with E-state index in [0.717, 1.165) is 5.75 Å². The lowest BCUT2D eigenvalue weighted by Gasteiger charge is -2.13. The fourth-order valence-corrected chi connectivity index (χ4v) is 2.09. The van der Waals surface area contributed by atoms with Crippen LogP contribution in [-0.4, -0.2) is 24.2 Å². The van der Waals surface area contributed by atoms with Gasteiger partial charge in [0.05, 0.1) is 12.7 Å². The summed E-state index contributed by atoms with van der Waals surface area (Å²) in [7, 11) is 0. The Morgan fingerprint density at radius 3 is 2.57 bits per heavy atom. The van der Waals surface area contributed by atoms with E-state index in [9.17, 15) is 14.3 Å². The topological polar surface area (TPSA) is 58.6 Å². The van der Waals surface area contributed by atoms with Crippen molar-refractivity contribution in [3.05, 3.63) is 66.0 Å². The van der Waals surface area contributed by atoms with Crippen molar-refractivity contribution >= 4 is 5.91 Å². The van der Waals surface area contributed by atoms with Crippen molar-refractivity contribution in [2.24, 2.45) is 0 Å². The van der Waals surface area contributed by atoms with Gasteiger partial charge in [0, 0.05) is 18.5 Å². The molecule has 2 aromatic carbocycles. The molecule has 0 bridgehead atoms. The molecule has 0 spiro atoms. The van der Waals surface area contributed by atoms with E-state index in [1.807, 2.05) is 30.3 Å². The first kappa shape index (κ1) is 17.0. The van der Waals surface area contributed by atoms with Crippen molar-refractivity contribution in [1.29, 1.82) is 0 Å². The summed E-state index contributed by atoms with van der Waals surface area (Å²) in [6.07, 6.45) is -0.200. The van der Waals surface area contributed by atoms with Crippen molar-refractivity contribution in [3.8, 4) is 5.75 Å². The Balaban J connectivity index is 1.64. The Kier molecular flexibility index (Phi) is 6.56. The molecule has 2 aromatic rings. The molecule has 0 aliphatic heterocycles. The number of carbonyl (C=O) groups excluding carboxylic acids is 1. The first-order valence-corrected chi connectivity index (χ1v) is 7.54. The van der Waals surface area contributed by atoms with E-state index >= 15 is 0 Å². The zero-order chi connectivity index (χ0) is 16.5. The van der Waals surface area contributed by atoms with Crippen LogP contribution in [0.15, 0.2) is 54.6 Å². The molecular formula is C18H20FNO3. The molecule has 0 fully saturated rings. The summed E-state index contributed by atoms with van der Waals surface area (Å²) in [4.78, 5) is 11.7. The summed E-state index contributed by atoms with van der Waals surface area (Å²) in [5, 5.41) is 12.5. The van der Waals surface area contributed by atoms with Gasteiger partial charge in [-0.1, -0.05) is 36.4 Å². The number of hydrogen-bond acceptors (Lipinski definition) is 3. The van der Waals surface area contributed by atoms with Gasteiger partial charge >= 0.3 is 0 Å². The highest BCUT2D eigenvalue weighted by atomic mass is 19.1. The van der Waals surface area contributed by atoms with Crippen LogP contribution in [0.2, 0.25) is 0 Å². The molecule has 0 radical (unpaired) electrons. The number of amides is 1. The van der Waals surface area contributed by atoms with Crippen molar-refractivity contribution in [2.75, 3.05) is 13.2 Å². The number of hydrogen-bond donors (Lipinski definition) is 2. The quantitative estimate of drug-likeness (QED) is 0.736. The molecule has 2 rings (SSSR count). The molecule has 0 saturated carbocycles. The Morgan fingerprint density at radius 1 is 1.13 bits per heavy atom. The number of aliphatic hydroxyl groups is 1. The van der Waals surface area contributed by atoms with Crippen LogP contribution in [0.3, 0.4) is 0 Å². The summed E-state index contributed by atoms with van der Waals surface area (Å²) in [6.45, 7) is 0.423. The van der Waals surface area contributed by atoms with Crippen LogP contribution in [0, 0.1) is 5.82 Å². The van der Waals surface area contributed by atoms with Gasteiger partial charge < -0.3 is 15.2 Å². The van der Waals surface area contributed by atoms with Gasteiger partial charge in [-0.15, -0.1) is 0 Å². The molecule has 0 aliphatic rings. The number of nitrogens with one attached hydrogen (secondary N) is 1. The van der Waals surface area contributed by atoms with E-state index in [-0.39, 0.29) is 24.4 Å². The third-order valence-electron chi connectivity index (χ3n) is 3.32. The number of para-hydroxylation sites is 1. The lowest BCUT2D eigenvalue weighted by atomic mass is 10.1. The molecule has 4 nitrogen and oxygen atoms in total. The minimum absolute atomic E-state index is 0.0146. The number of halogens is 1. The van der Waals surface area contributed by atoms with Gasteiger partial charge in [-0.2, -0.15) is 0 Å². The first-order valence-electron chi connectivity index (χ1n) is 7.54. The largest absolute Gasteiger partial charge is 0.494 e. The predicted molar refractivity (Wildman–Crippen MR) is 85.5 cm³/mol. The molecule has 0 aromatic heterocycles. The SMILES string of the molecule is O=C(CCCOc1ccccc1)NCC(O)c1ccccc1F. The third-order valence-corrected chi connectivity index (χ3v) is 3.32. The predicted octanol–water partition coefficient (Wildman–Crippen LogP) is 2.83. The molecular weight excluding hydrogens is 297 g/mol. The van der Waals surface area contributed by atoms with E-state index < -0.39 is 11.9 Å². The Labute approximate surface area is 134 Å². The fourth-order valence-electron chi connectivity index (χ4n) is 2.09. The van der Waals surface area contributed by atoms with Crippen molar-refractivity contribution in [2.45, 2.75) is 18.9 Å². The highest BCUT2D eigenvalue weighted by molar-refractivity contribution is 5.75. The van der Waals surface area contributed by atoms with Crippen LogP contribution < -0.4 is 10.1 Å². The van der Waals surface area contributed by atoms with Gasteiger partial charge in [0.2, 0.25) is 5.91 Å². The van der Waals surface area contributed by atoms with Crippen LogP contribution in [0.5, 0.6) is 5.75 Å². The molecule has 122 valence electrons. The summed E-state index contributed by atoms with van der Waals surface area (Å²) < 4.78 is 19.0. The smallest absolute Gasteiger partial charge is 0.220 e. The minimum atomic E-state index is -1.05. The molecule has 1 unspecified atom stereocenters. The van der Waals surface area contributed by atoms with Crippen LogP contribution in [0.25, 0.3) is 0 Å². The van der Waals surface area contributed by atoms with Gasteiger partial charge in [0.1, 0.15) is 11.6 Å². The molecule has 5 heteroatoms. The third kappa shape index (κ3) is 5.71. The van der Waals surface area contributed by atoms with E-state index in [1.165, 1.54) is 12.1 Å². The van der Waals surface area contributed by atoms with Gasteiger partial charge in [-0.05, 0) is 24.6 Å². The van der Waals surface area contributed by atoms with E-state index in [4.69, 9.17) is 4.74 Å². The second-order valence-corrected chi connectivity index (χ2v) is 5.11. The normalized spacial score (nSPS) is 11.7. The number of benzene rings is 2. The Morgan fingerprint density at radius 2 is 1.83 bits per heavy atom. The summed E-state index contributed by atoms with van der Waals surface area (Å²) in [6, 6.07) is 15.3. The Hall–Kier alpha value is -2.40. The lowest BCUT2D eigenvalue weighted by Crippen LogP contribution is -2.28. The molecule has 1 atom stereocenters. The zero-order valence-electron chi connectivity index (χ0n) is 12.7. The first-order chi connectivity index (χ1) is 11.2. The van der Waals surface area contributed by atoms with Crippen molar-refractivity contribution in [1.82, 2.24) is 5.32 Å². The molecule has 0 saturated heterocycles. The number of aliphatic hydroxyl groups excluding tert-OH is 1. The number of carbonyl (C=O) groups is 1. The monoisotopic (exact) mass is 317 g/mol. The van der Waals surface area contributed by atoms with Gasteiger partial charge in [-0.3, -0.25) is 4.79 Å². The average Bonchev–Trinajstić information content (AvgIpc) is 2.58.